The Hall–Kier alpha value is -7.87. The summed E-state index contributed by atoms with van der Waals surface area (Å²) in [4.78, 5) is 3.93. The van der Waals surface area contributed by atoms with Gasteiger partial charge in [-0.2, -0.15) is 18.4 Å². The van der Waals surface area contributed by atoms with Gasteiger partial charge in [0.15, 0.2) is 5.69 Å². The van der Waals surface area contributed by atoms with Gasteiger partial charge < -0.3 is 9.13 Å². The predicted molar refractivity (Wildman–Crippen MR) is 232 cm³/mol. The van der Waals surface area contributed by atoms with Crippen LogP contribution in [0.3, 0.4) is 0 Å². The topological polar surface area (TPSA) is 38.0 Å². The fourth-order valence-corrected chi connectivity index (χ4v) is 8.43. The molecule has 7 heteroatoms. The maximum atomic E-state index is 13.3. The highest BCUT2D eigenvalue weighted by Crippen LogP contribution is 2.42. The van der Waals surface area contributed by atoms with Crippen molar-refractivity contribution in [3.05, 3.63) is 198 Å². The van der Waals surface area contributed by atoms with Crippen molar-refractivity contribution >= 4 is 49.3 Å². The number of aromatic nitrogens is 2. The lowest BCUT2D eigenvalue weighted by Crippen LogP contribution is -2.03. The van der Waals surface area contributed by atoms with E-state index in [1.165, 1.54) is 17.7 Å². The summed E-state index contributed by atoms with van der Waals surface area (Å²) in [7, 11) is 0. The van der Waals surface area contributed by atoms with Gasteiger partial charge in [-0.15, -0.1) is 0 Å². The molecule has 2 heterocycles. The second-order valence-electron chi connectivity index (χ2n) is 14.8. The minimum Gasteiger partial charge on any atom is -0.309 e. The van der Waals surface area contributed by atoms with Crippen LogP contribution < -0.4 is 0 Å². The average Bonchev–Trinajstić information content (AvgIpc) is 3.78. The number of para-hydroxylation sites is 2. The zero-order valence-electron chi connectivity index (χ0n) is 31.6. The normalized spacial score (nSPS) is 11.7. The maximum Gasteiger partial charge on any atom is 0.416 e. The summed E-state index contributed by atoms with van der Waals surface area (Å²) in [6, 6.07) is 56.4. The number of nitrogens with zero attached hydrogens (tertiary/aromatic N) is 4. The molecule has 0 amide bonds. The molecule has 0 saturated carbocycles. The summed E-state index contributed by atoms with van der Waals surface area (Å²) in [5.41, 5.74) is 11.9. The number of aryl methyl sites for hydroxylation is 1. The van der Waals surface area contributed by atoms with E-state index in [9.17, 15) is 18.4 Å². The number of rotatable bonds is 5. The van der Waals surface area contributed by atoms with Crippen LogP contribution in [-0.2, 0) is 6.18 Å². The summed E-state index contributed by atoms with van der Waals surface area (Å²) in [5, 5.41) is 14.6. The molecule has 0 radical (unpaired) electrons. The molecule has 10 rings (SSSR count). The molecule has 8 aromatic carbocycles. The molecule has 0 fully saturated rings. The first-order chi connectivity index (χ1) is 28.7. The standard InChI is InChI=1S/C52H31F3N4/c1-32-11-13-33(14-12-32)35-18-25-51-45(27-35)42-8-4-6-10-49(42)59(51)40-23-24-47(57-2)44(30-40)43-29-39(22-17-37(43)31-56)58-48-9-5-3-7-41(48)46-28-36(19-26-50(46)58)34-15-20-38(21-16-34)52(53,54)55/h3-30H,1H3. The minimum absolute atomic E-state index is 0.424. The Kier molecular flexibility index (Phi) is 8.23. The number of benzene rings is 8. The van der Waals surface area contributed by atoms with Crippen molar-refractivity contribution in [2.75, 3.05) is 0 Å². The Morgan fingerprint density at radius 3 is 1.51 bits per heavy atom. The van der Waals surface area contributed by atoms with Crippen molar-refractivity contribution in [3.8, 4) is 50.8 Å². The highest BCUT2D eigenvalue weighted by Gasteiger charge is 2.30. The van der Waals surface area contributed by atoms with Crippen LogP contribution in [0.25, 0.3) is 93.2 Å². The zero-order valence-corrected chi connectivity index (χ0v) is 31.6. The molecule has 0 aliphatic carbocycles. The highest BCUT2D eigenvalue weighted by molar-refractivity contribution is 6.12. The van der Waals surface area contributed by atoms with E-state index < -0.39 is 11.7 Å². The maximum absolute atomic E-state index is 13.3. The molecular weight excluding hydrogens is 738 g/mol. The third kappa shape index (κ3) is 5.91. The fourth-order valence-electron chi connectivity index (χ4n) is 8.43. The third-order valence-electron chi connectivity index (χ3n) is 11.3. The summed E-state index contributed by atoms with van der Waals surface area (Å²) >= 11 is 0. The van der Waals surface area contributed by atoms with Gasteiger partial charge in [-0.3, -0.25) is 0 Å². The molecule has 4 nitrogen and oxygen atoms in total. The predicted octanol–water partition coefficient (Wildman–Crippen LogP) is 14.6. The van der Waals surface area contributed by atoms with Gasteiger partial charge in [-0.1, -0.05) is 96.6 Å². The van der Waals surface area contributed by atoms with Gasteiger partial charge in [0.05, 0.1) is 45.8 Å². The average molecular weight is 769 g/mol. The van der Waals surface area contributed by atoms with Gasteiger partial charge in [-0.05, 0) is 119 Å². The van der Waals surface area contributed by atoms with Crippen molar-refractivity contribution in [3.63, 3.8) is 0 Å². The van der Waals surface area contributed by atoms with E-state index in [2.05, 4.69) is 81.6 Å². The second-order valence-corrected chi connectivity index (χ2v) is 14.8. The van der Waals surface area contributed by atoms with Gasteiger partial charge in [0.25, 0.3) is 0 Å². The first kappa shape index (κ1) is 35.5. The van der Waals surface area contributed by atoms with Gasteiger partial charge in [0.2, 0.25) is 0 Å². The van der Waals surface area contributed by atoms with Crippen LogP contribution in [-0.4, -0.2) is 9.13 Å². The van der Waals surface area contributed by atoms with Crippen LogP contribution in [0.1, 0.15) is 16.7 Å². The molecule has 280 valence electrons. The molecule has 0 bridgehead atoms. The van der Waals surface area contributed by atoms with Crippen LogP contribution in [0.5, 0.6) is 0 Å². The largest absolute Gasteiger partial charge is 0.416 e. The molecule has 0 atom stereocenters. The summed E-state index contributed by atoms with van der Waals surface area (Å²) in [5.74, 6) is 0. The van der Waals surface area contributed by atoms with Crippen LogP contribution in [0.4, 0.5) is 18.9 Å². The second kappa shape index (κ2) is 13.7. The molecule has 0 unspecified atom stereocenters. The van der Waals surface area contributed by atoms with Crippen molar-refractivity contribution in [1.29, 1.82) is 5.26 Å². The monoisotopic (exact) mass is 768 g/mol. The lowest BCUT2D eigenvalue weighted by molar-refractivity contribution is -0.137. The quantitative estimate of drug-likeness (QED) is 0.161. The van der Waals surface area contributed by atoms with Crippen LogP contribution in [0.2, 0.25) is 0 Å². The number of hydrogen-bond acceptors (Lipinski definition) is 1. The van der Waals surface area contributed by atoms with Gasteiger partial charge in [-0.25, -0.2) is 4.85 Å². The molecule has 0 N–H and O–H groups in total. The molecule has 0 aliphatic heterocycles. The molecule has 0 spiro atoms. The number of halogens is 3. The van der Waals surface area contributed by atoms with Crippen molar-refractivity contribution in [2.24, 2.45) is 0 Å². The lowest BCUT2D eigenvalue weighted by atomic mass is 9.97. The van der Waals surface area contributed by atoms with Crippen molar-refractivity contribution in [2.45, 2.75) is 13.1 Å². The van der Waals surface area contributed by atoms with Crippen LogP contribution in [0, 0.1) is 24.8 Å². The molecular formula is C52H31F3N4. The Morgan fingerprint density at radius 2 is 0.983 bits per heavy atom. The van der Waals surface area contributed by atoms with Gasteiger partial charge >= 0.3 is 6.18 Å². The Bertz CT molecular complexity index is 3390. The summed E-state index contributed by atoms with van der Waals surface area (Å²) in [6.07, 6.45) is -4.41. The zero-order chi connectivity index (χ0) is 40.4. The first-order valence-electron chi connectivity index (χ1n) is 19.1. The van der Waals surface area contributed by atoms with E-state index in [1.807, 2.05) is 84.9 Å². The SMILES string of the molecule is [C-]#[N+]c1ccc(-n2c3ccccc3c3cc(-c4ccc(C)cc4)ccc32)cc1-c1cc(-n2c3ccccc3c3cc(-c4ccc(C(F)(F)F)cc4)ccc32)ccc1C#N. The molecule has 0 saturated heterocycles. The first-order valence-corrected chi connectivity index (χ1v) is 19.1. The van der Waals surface area contributed by atoms with Crippen molar-refractivity contribution < 1.29 is 13.2 Å². The molecule has 0 aliphatic rings. The van der Waals surface area contributed by atoms with E-state index in [-0.39, 0.29) is 0 Å². The third-order valence-corrected chi connectivity index (χ3v) is 11.3. The van der Waals surface area contributed by atoms with Gasteiger partial charge in [0.1, 0.15) is 0 Å². The van der Waals surface area contributed by atoms with E-state index in [1.54, 1.807) is 6.07 Å². The Balaban J connectivity index is 1.13. The molecule has 2 aromatic heterocycles. The number of fused-ring (bicyclic) bond motifs is 6. The number of nitriles is 1. The lowest BCUT2D eigenvalue weighted by Gasteiger charge is -2.15. The minimum atomic E-state index is -4.41. The summed E-state index contributed by atoms with van der Waals surface area (Å²) in [6.45, 7) is 10.3. The van der Waals surface area contributed by atoms with E-state index in [4.69, 9.17) is 6.57 Å². The fraction of sp³-hybridized carbons (Fsp3) is 0.0385. The number of hydrogen-bond donors (Lipinski definition) is 0. The number of alkyl halides is 3. The van der Waals surface area contributed by atoms with Crippen molar-refractivity contribution in [1.82, 2.24) is 9.13 Å². The summed E-state index contributed by atoms with van der Waals surface area (Å²) < 4.78 is 44.3. The molecule has 10 aromatic rings. The van der Waals surface area contributed by atoms with Crippen LogP contribution in [0.15, 0.2) is 170 Å². The smallest absolute Gasteiger partial charge is 0.309 e. The van der Waals surface area contributed by atoms with E-state index in [0.717, 1.165) is 83.8 Å². The Morgan fingerprint density at radius 1 is 0.508 bits per heavy atom. The van der Waals surface area contributed by atoms with Crippen LogP contribution >= 0.6 is 0 Å². The highest BCUT2D eigenvalue weighted by atomic mass is 19.4. The van der Waals surface area contributed by atoms with Gasteiger partial charge in [0, 0.05) is 32.9 Å². The van der Waals surface area contributed by atoms with E-state index >= 15 is 0 Å². The van der Waals surface area contributed by atoms with E-state index in [0.29, 0.717) is 27.9 Å². The molecule has 59 heavy (non-hydrogen) atoms. The Labute approximate surface area is 337 Å².